The largest absolute Gasteiger partial charge is 0.395 e. The Bertz CT molecular complexity index is 189. The van der Waals surface area contributed by atoms with E-state index in [1.165, 1.54) is 5.56 Å². The van der Waals surface area contributed by atoms with Crippen molar-refractivity contribution in [1.29, 1.82) is 0 Å². The lowest BCUT2D eigenvalue weighted by Gasteiger charge is -1.93. The highest BCUT2D eigenvalue weighted by Gasteiger charge is 1.84. The summed E-state index contributed by atoms with van der Waals surface area (Å²) < 4.78 is 0. The molecule has 0 amide bonds. The summed E-state index contributed by atoms with van der Waals surface area (Å²) in [7, 11) is 0. The van der Waals surface area contributed by atoms with Gasteiger partial charge in [-0.3, -0.25) is 0 Å². The lowest BCUT2D eigenvalue weighted by atomic mass is 10.2. The predicted molar refractivity (Wildman–Crippen MR) is 59.8 cm³/mol. The van der Waals surface area contributed by atoms with Gasteiger partial charge in [-0.25, -0.2) is 0 Å². The van der Waals surface area contributed by atoms with Gasteiger partial charge in [0, 0.05) is 12.3 Å². The van der Waals surface area contributed by atoms with Crippen LogP contribution in [0, 0.1) is 0 Å². The van der Waals surface area contributed by atoms with E-state index in [1.54, 1.807) is 0 Å². The first-order valence-electron chi connectivity index (χ1n) is 4.19. The molecule has 2 nitrogen and oxygen atoms in total. The summed E-state index contributed by atoms with van der Waals surface area (Å²) in [5.74, 6) is 1.13. The number of rotatable bonds is 3. The number of thioether (sulfide) groups is 1. The third-order valence-electron chi connectivity index (χ3n) is 1.28. The molecule has 0 fully saturated rings. The Kier molecular flexibility index (Phi) is 9.20. The minimum absolute atomic E-state index is 0.0972. The van der Waals surface area contributed by atoms with Crippen molar-refractivity contribution in [2.45, 2.75) is 5.75 Å². The van der Waals surface area contributed by atoms with Gasteiger partial charge in [0.15, 0.2) is 0 Å². The van der Waals surface area contributed by atoms with Crippen molar-refractivity contribution in [1.82, 2.24) is 0 Å². The fraction of sp³-hybridized carbons (Fsp3) is 0.400. The van der Waals surface area contributed by atoms with Crippen LogP contribution in [0.4, 0.5) is 0 Å². The molecule has 0 saturated carbocycles. The predicted octanol–water partition coefficient (Wildman–Crippen LogP) is 1.49. The Morgan fingerprint density at radius 1 is 1.31 bits per heavy atom. The van der Waals surface area contributed by atoms with Crippen LogP contribution in [0.25, 0.3) is 0 Å². The van der Waals surface area contributed by atoms with E-state index in [-0.39, 0.29) is 6.61 Å². The lowest BCUT2D eigenvalue weighted by Crippen LogP contribution is -2.02. The van der Waals surface area contributed by atoms with Crippen molar-refractivity contribution >= 4 is 11.8 Å². The molecule has 1 aromatic carbocycles. The highest BCUT2D eigenvalue weighted by molar-refractivity contribution is 7.97. The molecule has 0 radical (unpaired) electrons. The summed E-state index contributed by atoms with van der Waals surface area (Å²) >= 11 is 1.85. The van der Waals surface area contributed by atoms with E-state index in [9.17, 15) is 0 Å². The van der Waals surface area contributed by atoms with Crippen molar-refractivity contribution in [3.05, 3.63) is 35.9 Å². The van der Waals surface area contributed by atoms with Crippen LogP contribution < -0.4 is 5.73 Å². The molecule has 74 valence electrons. The molecule has 3 N–H and O–H groups in total. The summed E-state index contributed by atoms with van der Waals surface area (Å²) in [5.41, 5.74) is 6.19. The molecule has 1 rings (SSSR count). The van der Waals surface area contributed by atoms with E-state index in [2.05, 4.69) is 30.5 Å². The molecule has 3 heteroatoms. The Hall–Kier alpha value is -0.510. The highest BCUT2D eigenvalue weighted by Crippen LogP contribution is 2.06. The van der Waals surface area contributed by atoms with Gasteiger partial charge in [-0.05, 0) is 11.8 Å². The molecule has 13 heavy (non-hydrogen) atoms. The van der Waals surface area contributed by atoms with Crippen LogP contribution in [0.15, 0.2) is 30.3 Å². The molecular formula is C10H17NOS. The van der Waals surface area contributed by atoms with Gasteiger partial charge in [0.1, 0.15) is 0 Å². The maximum absolute atomic E-state index is 7.75. The van der Waals surface area contributed by atoms with Gasteiger partial charge in [-0.2, -0.15) is 11.8 Å². The second-order valence-electron chi connectivity index (χ2n) is 2.43. The van der Waals surface area contributed by atoms with Gasteiger partial charge in [0.25, 0.3) is 0 Å². The fourth-order valence-corrected chi connectivity index (χ4v) is 1.27. The molecule has 0 atom stereocenters. The topological polar surface area (TPSA) is 46.2 Å². The smallest absolute Gasteiger partial charge is 0.0553 e. The number of hydrogen-bond donors (Lipinski definition) is 2. The number of aliphatic hydroxyl groups is 1. The van der Waals surface area contributed by atoms with Crippen molar-refractivity contribution in [2.24, 2.45) is 5.73 Å². The average molecular weight is 199 g/mol. The normalized spacial score (nSPS) is 8.85. The van der Waals surface area contributed by atoms with E-state index in [1.807, 2.05) is 17.8 Å². The molecule has 0 aliphatic heterocycles. The third-order valence-corrected chi connectivity index (χ3v) is 1.90. The van der Waals surface area contributed by atoms with E-state index in [0.717, 1.165) is 5.75 Å². The summed E-state index contributed by atoms with van der Waals surface area (Å²) in [6.45, 7) is 0.472. The number of hydrogen-bond acceptors (Lipinski definition) is 3. The second-order valence-corrected chi connectivity index (χ2v) is 3.30. The third kappa shape index (κ3) is 7.84. The Morgan fingerprint density at radius 2 is 1.85 bits per heavy atom. The zero-order valence-corrected chi connectivity index (χ0v) is 8.76. The Morgan fingerprint density at radius 3 is 2.23 bits per heavy atom. The van der Waals surface area contributed by atoms with Crippen LogP contribution in [0.5, 0.6) is 0 Å². The van der Waals surface area contributed by atoms with E-state index in [4.69, 9.17) is 10.8 Å². The van der Waals surface area contributed by atoms with Gasteiger partial charge in [0.05, 0.1) is 6.61 Å². The van der Waals surface area contributed by atoms with Crippen LogP contribution in [0.1, 0.15) is 5.56 Å². The van der Waals surface area contributed by atoms with Crippen LogP contribution in [0.2, 0.25) is 0 Å². The quantitative estimate of drug-likeness (QED) is 0.775. The van der Waals surface area contributed by atoms with Crippen molar-refractivity contribution in [3.8, 4) is 0 Å². The molecule has 0 bridgehead atoms. The first-order valence-corrected chi connectivity index (χ1v) is 5.58. The number of benzene rings is 1. The van der Waals surface area contributed by atoms with Gasteiger partial charge < -0.3 is 10.8 Å². The monoisotopic (exact) mass is 199 g/mol. The van der Waals surface area contributed by atoms with Crippen LogP contribution in [-0.2, 0) is 5.75 Å². The standard InChI is InChI=1S/C8H10S.C2H7NO/c1-9-7-8-5-3-2-4-6-8;3-1-2-4/h2-6H,7H2,1H3;4H,1-3H2. The van der Waals surface area contributed by atoms with E-state index < -0.39 is 0 Å². The Labute approximate surface area is 84.2 Å². The summed E-state index contributed by atoms with van der Waals surface area (Å²) in [6.07, 6.45) is 2.12. The lowest BCUT2D eigenvalue weighted by molar-refractivity contribution is 0.306. The second kappa shape index (κ2) is 9.58. The summed E-state index contributed by atoms with van der Waals surface area (Å²) in [5, 5.41) is 7.75. The minimum atomic E-state index is 0.0972. The summed E-state index contributed by atoms with van der Waals surface area (Å²) in [4.78, 5) is 0. The molecule has 0 aliphatic carbocycles. The molecule has 0 heterocycles. The SMILES string of the molecule is CSCc1ccccc1.NCCO. The highest BCUT2D eigenvalue weighted by atomic mass is 32.2. The van der Waals surface area contributed by atoms with E-state index >= 15 is 0 Å². The maximum atomic E-state index is 7.75. The average Bonchev–Trinajstić information content (AvgIpc) is 2.20. The molecule has 0 aromatic heterocycles. The van der Waals surface area contributed by atoms with Crippen LogP contribution in [-0.4, -0.2) is 24.5 Å². The first-order chi connectivity index (χ1) is 6.35. The number of aliphatic hydroxyl groups excluding tert-OH is 1. The van der Waals surface area contributed by atoms with Gasteiger partial charge >= 0.3 is 0 Å². The van der Waals surface area contributed by atoms with Crippen molar-refractivity contribution in [2.75, 3.05) is 19.4 Å². The zero-order valence-electron chi connectivity index (χ0n) is 7.94. The first kappa shape index (κ1) is 12.5. The van der Waals surface area contributed by atoms with Gasteiger partial charge in [0.2, 0.25) is 0 Å². The zero-order chi connectivity index (χ0) is 9.94. The molecule has 0 unspecified atom stereocenters. The maximum Gasteiger partial charge on any atom is 0.0553 e. The van der Waals surface area contributed by atoms with Gasteiger partial charge in [-0.15, -0.1) is 0 Å². The molecular weight excluding hydrogens is 182 g/mol. The molecule has 0 spiro atoms. The van der Waals surface area contributed by atoms with Crippen LogP contribution >= 0.6 is 11.8 Å². The minimum Gasteiger partial charge on any atom is -0.395 e. The van der Waals surface area contributed by atoms with Crippen molar-refractivity contribution < 1.29 is 5.11 Å². The molecule has 0 saturated heterocycles. The van der Waals surface area contributed by atoms with E-state index in [0.29, 0.717) is 6.54 Å². The van der Waals surface area contributed by atoms with Crippen molar-refractivity contribution in [3.63, 3.8) is 0 Å². The van der Waals surface area contributed by atoms with Gasteiger partial charge in [-0.1, -0.05) is 30.3 Å². The molecule has 0 aliphatic rings. The van der Waals surface area contributed by atoms with Crippen LogP contribution in [0.3, 0.4) is 0 Å². The Balaban J connectivity index is 0.000000310. The summed E-state index contributed by atoms with van der Waals surface area (Å²) in [6, 6.07) is 10.5. The number of nitrogens with two attached hydrogens (primary N) is 1. The fourth-order valence-electron chi connectivity index (χ4n) is 0.741. The molecule has 1 aromatic rings.